The molecule has 0 fully saturated rings. The smallest absolute Gasteiger partial charge is 0.286 e. The molecule has 1 amide bonds. The first-order valence-corrected chi connectivity index (χ1v) is 8.73. The largest absolute Gasteiger partial charge is 0.459 e. The van der Waals surface area contributed by atoms with Gasteiger partial charge in [0, 0.05) is 51.2 Å². The van der Waals surface area contributed by atoms with E-state index in [0.717, 1.165) is 26.1 Å². The fourth-order valence-electron chi connectivity index (χ4n) is 3.46. The average molecular weight is 354 g/mol. The van der Waals surface area contributed by atoms with Gasteiger partial charge in [-0.05, 0) is 24.6 Å². The van der Waals surface area contributed by atoms with Gasteiger partial charge in [0.05, 0.1) is 24.2 Å². The molecule has 0 aliphatic carbocycles. The standard InChI is InChI=1S/C18H22N6O2/c1-22-10-14(9-21-22)11-23-12-15(24-16(13-23)5-7-20-24)4-6-19-18(25)17-3-2-8-26-17/h2-3,5,7-10,15H,4,6,11-13H2,1H3,(H,19,25)/t15-/m1/s1. The second kappa shape index (κ2) is 7.17. The maximum Gasteiger partial charge on any atom is 0.286 e. The van der Waals surface area contributed by atoms with Crippen LogP contribution in [0.3, 0.4) is 0 Å². The van der Waals surface area contributed by atoms with E-state index in [1.807, 2.05) is 30.3 Å². The molecule has 8 heteroatoms. The third kappa shape index (κ3) is 3.55. The van der Waals surface area contributed by atoms with E-state index in [9.17, 15) is 4.79 Å². The van der Waals surface area contributed by atoms with Gasteiger partial charge in [0.2, 0.25) is 0 Å². The van der Waals surface area contributed by atoms with Crippen LogP contribution in [-0.2, 0) is 20.1 Å². The van der Waals surface area contributed by atoms with Crippen LogP contribution in [0.2, 0.25) is 0 Å². The fourth-order valence-corrected chi connectivity index (χ4v) is 3.46. The number of carbonyl (C=O) groups excluding carboxylic acids is 1. The number of aromatic nitrogens is 4. The topological polar surface area (TPSA) is 81.1 Å². The zero-order valence-corrected chi connectivity index (χ0v) is 14.7. The predicted molar refractivity (Wildman–Crippen MR) is 94.2 cm³/mol. The van der Waals surface area contributed by atoms with Crippen LogP contribution in [0.25, 0.3) is 0 Å². The Morgan fingerprint density at radius 3 is 3.08 bits per heavy atom. The van der Waals surface area contributed by atoms with Gasteiger partial charge in [-0.1, -0.05) is 0 Å². The third-order valence-electron chi connectivity index (χ3n) is 4.63. The quantitative estimate of drug-likeness (QED) is 0.727. The highest BCUT2D eigenvalue weighted by Crippen LogP contribution is 2.24. The van der Waals surface area contributed by atoms with Crippen LogP contribution in [0.4, 0.5) is 0 Å². The molecule has 0 saturated heterocycles. The number of nitrogens with zero attached hydrogens (tertiary/aromatic N) is 5. The Kier molecular flexibility index (Phi) is 4.57. The summed E-state index contributed by atoms with van der Waals surface area (Å²) >= 11 is 0. The van der Waals surface area contributed by atoms with E-state index in [0.29, 0.717) is 12.3 Å². The van der Waals surface area contributed by atoms with Gasteiger partial charge >= 0.3 is 0 Å². The van der Waals surface area contributed by atoms with Gasteiger partial charge < -0.3 is 9.73 Å². The van der Waals surface area contributed by atoms with Crippen LogP contribution in [-0.4, -0.2) is 43.5 Å². The first-order valence-electron chi connectivity index (χ1n) is 8.73. The molecule has 0 saturated carbocycles. The highest BCUT2D eigenvalue weighted by Gasteiger charge is 2.25. The molecular weight excluding hydrogens is 332 g/mol. The molecule has 0 radical (unpaired) electrons. The molecule has 26 heavy (non-hydrogen) atoms. The molecule has 4 heterocycles. The molecular formula is C18H22N6O2. The number of carbonyl (C=O) groups is 1. The first kappa shape index (κ1) is 16.6. The number of amides is 1. The highest BCUT2D eigenvalue weighted by atomic mass is 16.3. The monoisotopic (exact) mass is 354 g/mol. The van der Waals surface area contributed by atoms with Gasteiger partial charge in [0.15, 0.2) is 5.76 Å². The van der Waals surface area contributed by atoms with Crippen LogP contribution in [0.5, 0.6) is 0 Å². The Morgan fingerprint density at radius 1 is 1.38 bits per heavy atom. The Bertz CT molecular complexity index is 866. The third-order valence-corrected chi connectivity index (χ3v) is 4.63. The average Bonchev–Trinajstić information content (AvgIpc) is 3.36. The van der Waals surface area contributed by atoms with Crippen molar-refractivity contribution in [3.63, 3.8) is 0 Å². The van der Waals surface area contributed by atoms with Crippen molar-refractivity contribution < 1.29 is 9.21 Å². The summed E-state index contributed by atoms with van der Waals surface area (Å²) in [7, 11) is 1.93. The van der Waals surface area contributed by atoms with Gasteiger partial charge in [-0.3, -0.25) is 19.1 Å². The van der Waals surface area contributed by atoms with Crippen LogP contribution < -0.4 is 5.32 Å². The number of furan rings is 1. The Balaban J connectivity index is 1.37. The van der Waals surface area contributed by atoms with Crippen molar-refractivity contribution in [1.82, 2.24) is 29.8 Å². The SMILES string of the molecule is Cn1cc(CN2Cc3ccnn3[C@H](CCNC(=O)c3ccco3)C2)cn1. The van der Waals surface area contributed by atoms with Crippen LogP contribution in [0.15, 0.2) is 47.5 Å². The van der Waals surface area contributed by atoms with Crippen molar-refractivity contribution in [2.24, 2.45) is 7.05 Å². The molecule has 3 aromatic rings. The van der Waals surface area contributed by atoms with Gasteiger partial charge in [0.1, 0.15) is 0 Å². The van der Waals surface area contributed by atoms with E-state index in [1.165, 1.54) is 17.5 Å². The summed E-state index contributed by atoms with van der Waals surface area (Å²) in [6, 6.07) is 5.66. The van der Waals surface area contributed by atoms with E-state index in [-0.39, 0.29) is 11.9 Å². The summed E-state index contributed by atoms with van der Waals surface area (Å²) < 4.78 is 9.03. The van der Waals surface area contributed by atoms with Gasteiger partial charge in [-0.2, -0.15) is 10.2 Å². The Labute approximate surface area is 151 Å². The first-order chi connectivity index (χ1) is 12.7. The van der Waals surface area contributed by atoms with E-state index in [2.05, 4.69) is 31.2 Å². The summed E-state index contributed by atoms with van der Waals surface area (Å²) in [5, 5.41) is 11.6. The molecule has 8 nitrogen and oxygen atoms in total. The van der Waals surface area contributed by atoms with E-state index in [4.69, 9.17) is 4.42 Å². The minimum absolute atomic E-state index is 0.182. The molecule has 136 valence electrons. The van der Waals surface area contributed by atoms with Crippen LogP contribution in [0.1, 0.15) is 34.3 Å². The van der Waals surface area contributed by atoms with Gasteiger partial charge in [-0.15, -0.1) is 0 Å². The lowest BCUT2D eigenvalue weighted by molar-refractivity contribution is 0.0919. The second-order valence-electron chi connectivity index (χ2n) is 6.63. The minimum atomic E-state index is -0.182. The Hall–Kier alpha value is -2.87. The van der Waals surface area contributed by atoms with Gasteiger partial charge in [0.25, 0.3) is 5.91 Å². The molecule has 0 aromatic carbocycles. The summed E-state index contributed by atoms with van der Waals surface area (Å²) in [6.07, 6.45) is 8.11. The molecule has 4 rings (SSSR count). The van der Waals surface area contributed by atoms with Crippen molar-refractivity contribution in [2.75, 3.05) is 13.1 Å². The maximum atomic E-state index is 12.0. The van der Waals surface area contributed by atoms with Crippen molar-refractivity contribution in [1.29, 1.82) is 0 Å². The number of hydrogen-bond donors (Lipinski definition) is 1. The number of aryl methyl sites for hydroxylation is 1. The van der Waals surface area contributed by atoms with Crippen molar-refractivity contribution in [3.8, 4) is 0 Å². The molecule has 3 aromatic heterocycles. The summed E-state index contributed by atoms with van der Waals surface area (Å²) in [6.45, 7) is 3.18. The number of hydrogen-bond acceptors (Lipinski definition) is 5. The maximum absolute atomic E-state index is 12.0. The van der Waals surface area contributed by atoms with Crippen molar-refractivity contribution in [3.05, 3.63) is 60.1 Å². The van der Waals surface area contributed by atoms with Crippen LogP contribution in [0, 0.1) is 0 Å². The number of fused-ring (bicyclic) bond motifs is 1. The summed E-state index contributed by atoms with van der Waals surface area (Å²) in [5.74, 6) is 0.158. The summed E-state index contributed by atoms with van der Waals surface area (Å²) in [4.78, 5) is 14.4. The molecule has 1 aliphatic rings. The molecule has 0 spiro atoms. The predicted octanol–water partition coefficient (Wildman–Crippen LogP) is 1.59. The molecule has 1 atom stereocenters. The summed E-state index contributed by atoms with van der Waals surface area (Å²) in [5.41, 5.74) is 2.40. The molecule has 0 unspecified atom stereocenters. The minimum Gasteiger partial charge on any atom is -0.459 e. The van der Waals surface area contributed by atoms with E-state index >= 15 is 0 Å². The molecule has 0 bridgehead atoms. The second-order valence-corrected chi connectivity index (χ2v) is 6.63. The van der Waals surface area contributed by atoms with E-state index < -0.39 is 0 Å². The highest BCUT2D eigenvalue weighted by molar-refractivity contribution is 5.91. The van der Waals surface area contributed by atoms with Gasteiger partial charge in [-0.25, -0.2) is 0 Å². The van der Waals surface area contributed by atoms with Crippen LogP contribution >= 0.6 is 0 Å². The fraction of sp³-hybridized carbons (Fsp3) is 0.389. The number of nitrogens with one attached hydrogen (secondary N) is 1. The lowest BCUT2D eigenvalue weighted by Gasteiger charge is -2.33. The lowest BCUT2D eigenvalue weighted by Crippen LogP contribution is -2.38. The Morgan fingerprint density at radius 2 is 2.31 bits per heavy atom. The zero-order chi connectivity index (χ0) is 17.9. The normalized spacial score (nSPS) is 17.2. The van der Waals surface area contributed by atoms with Crippen molar-refractivity contribution >= 4 is 5.91 Å². The zero-order valence-electron chi connectivity index (χ0n) is 14.7. The van der Waals surface area contributed by atoms with E-state index in [1.54, 1.807) is 12.1 Å². The molecule has 1 aliphatic heterocycles. The lowest BCUT2D eigenvalue weighted by atomic mass is 10.1. The number of rotatable bonds is 6. The van der Waals surface area contributed by atoms with Crippen molar-refractivity contribution in [2.45, 2.75) is 25.6 Å². The molecule has 1 N–H and O–H groups in total.